The van der Waals surface area contributed by atoms with Crippen molar-refractivity contribution in [1.29, 1.82) is 0 Å². The third-order valence-corrected chi connectivity index (χ3v) is 6.32. The zero-order valence-electron chi connectivity index (χ0n) is 19.2. The Kier molecular flexibility index (Phi) is 6.74. The third kappa shape index (κ3) is 5.28. The van der Waals surface area contributed by atoms with E-state index in [1.807, 2.05) is 25.1 Å². The lowest BCUT2D eigenvalue weighted by Gasteiger charge is -2.10. The van der Waals surface area contributed by atoms with Crippen LogP contribution in [0.25, 0.3) is 11.0 Å². The van der Waals surface area contributed by atoms with E-state index >= 15 is 0 Å². The Balaban J connectivity index is 1.74. The van der Waals surface area contributed by atoms with Gasteiger partial charge in [-0.3, -0.25) is 4.79 Å². The van der Waals surface area contributed by atoms with E-state index in [-0.39, 0.29) is 21.8 Å². The minimum atomic E-state index is -4.12. The maximum absolute atomic E-state index is 13.1. The molecule has 9 nitrogen and oxygen atoms in total. The van der Waals surface area contributed by atoms with E-state index in [4.69, 9.17) is 13.9 Å². The van der Waals surface area contributed by atoms with Crippen molar-refractivity contribution in [1.82, 2.24) is 4.83 Å². The zero-order chi connectivity index (χ0) is 25.0. The summed E-state index contributed by atoms with van der Waals surface area (Å²) in [5.41, 5.74) is 1.85. The first-order valence-corrected chi connectivity index (χ1v) is 12.0. The molecule has 0 radical (unpaired) electrons. The zero-order valence-corrected chi connectivity index (χ0v) is 20.0. The quantitative estimate of drug-likeness (QED) is 0.378. The number of hydrogen-bond acceptors (Lipinski definition) is 7. The number of sulfonamides is 1. The van der Waals surface area contributed by atoms with E-state index < -0.39 is 15.9 Å². The fraction of sp³-hybridized carbons (Fsp3) is 0.120. The number of anilines is 1. The molecule has 0 atom stereocenters. The molecule has 1 amide bonds. The van der Waals surface area contributed by atoms with E-state index in [9.17, 15) is 13.2 Å². The van der Waals surface area contributed by atoms with Crippen LogP contribution in [0.4, 0.5) is 5.69 Å². The molecule has 3 aromatic carbocycles. The van der Waals surface area contributed by atoms with Crippen molar-refractivity contribution in [2.45, 2.75) is 11.8 Å². The maximum atomic E-state index is 13.1. The number of rotatable bonds is 7. The number of para-hydroxylation sites is 1. The first-order valence-electron chi connectivity index (χ1n) is 10.5. The molecular formula is C25H23N3O6S. The molecule has 1 heterocycles. The highest BCUT2D eigenvalue weighted by Crippen LogP contribution is 2.29. The number of carbonyl (C=O) groups is 1. The van der Waals surface area contributed by atoms with Crippen molar-refractivity contribution in [3.8, 4) is 11.5 Å². The highest BCUT2D eigenvalue weighted by molar-refractivity contribution is 7.89. The summed E-state index contributed by atoms with van der Waals surface area (Å²) in [4.78, 5) is 15.1. The van der Waals surface area contributed by atoms with Gasteiger partial charge in [0.2, 0.25) is 5.55 Å². The maximum Gasteiger partial charge on any atom is 0.276 e. The van der Waals surface area contributed by atoms with Crippen molar-refractivity contribution in [3.05, 3.63) is 89.5 Å². The fourth-order valence-electron chi connectivity index (χ4n) is 3.37. The second kappa shape index (κ2) is 9.90. The number of aryl methyl sites for hydroxylation is 1. The Labute approximate surface area is 202 Å². The lowest BCUT2D eigenvalue weighted by Crippen LogP contribution is -2.27. The molecule has 0 saturated heterocycles. The first kappa shape index (κ1) is 23.8. The number of carbonyl (C=O) groups excluding carboxylic acids is 1. The van der Waals surface area contributed by atoms with Crippen LogP contribution in [0.1, 0.15) is 15.9 Å². The summed E-state index contributed by atoms with van der Waals surface area (Å²) in [6, 6.07) is 20.0. The summed E-state index contributed by atoms with van der Waals surface area (Å²) < 4.78 is 41.9. The van der Waals surface area contributed by atoms with E-state index in [0.29, 0.717) is 22.4 Å². The van der Waals surface area contributed by atoms with Crippen LogP contribution in [0.3, 0.4) is 0 Å². The molecule has 0 saturated carbocycles. The molecule has 0 spiro atoms. The molecular weight excluding hydrogens is 470 g/mol. The first-order chi connectivity index (χ1) is 16.8. The molecule has 10 heteroatoms. The van der Waals surface area contributed by atoms with Gasteiger partial charge < -0.3 is 19.2 Å². The van der Waals surface area contributed by atoms with Crippen LogP contribution in [0, 0.1) is 6.92 Å². The molecule has 0 aliphatic carbocycles. The van der Waals surface area contributed by atoms with Gasteiger partial charge in [-0.2, -0.15) is 13.2 Å². The molecule has 0 aliphatic heterocycles. The van der Waals surface area contributed by atoms with Gasteiger partial charge in [-0.1, -0.05) is 30.3 Å². The second-order valence-electron chi connectivity index (χ2n) is 7.55. The highest BCUT2D eigenvalue weighted by Gasteiger charge is 2.18. The summed E-state index contributed by atoms with van der Waals surface area (Å²) in [6.07, 6.45) is 0. The molecule has 1 aromatic heterocycles. The molecule has 0 bridgehead atoms. The molecule has 35 heavy (non-hydrogen) atoms. The SMILES string of the molecule is COc1ccc(S(=O)(=O)N/N=c2/oc3ccccc3cc2C(=O)Nc2cccc(C)c2)cc1OC. The Hall–Kier alpha value is -4.31. The standard InChI is InChI=1S/C25H23N3O6S/c1-16-7-6-9-18(13-16)26-24(29)20-14-17-8-4-5-10-21(17)34-25(20)27-28-35(30,31)19-11-12-22(32-2)23(15-19)33-3/h4-15,28H,1-3H3,(H,26,29)/b27-25+. The van der Waals surface area contributed by atoms with Crippen molar-refractivity contribution >= 4 is 32.6 Å². The fourth-order valence-corrected chi connectivity index (χ4v) is 4.19. The molecule has 0 unspecified atom stereocenters. The Bertz CT molecular complexity index is 1580. The van der Waals surface area contributed by atoms with Gasteiger partial charge in [0, 0.05) is 17.1 Å². The summed E-state index contributed by atoms with van der Waals surface area (Å²) in [5.74, 6) is 0.112. The minimum Gasteiger partial charge on any atom is -0.493 e. The lowest BCUT2D eigenvalue weighted by atomic mass is 10.1. The number of nitrogens with one attached hydrogen (secondary N) is 2. The second-order valence-corrected chi connectivity index (χ2v) is 9.21. The predicted octanol–water partition coefficient (Wildman–Crippen LogP) is 3.80. The van der Waals surface area contributed by atoms with Crippen LogP contribution < -0.4 is 25.2 Å². The molecule has 4 aromatic rings. The van der Waals surface area contributed by atoms with Gasteiger partial charge in [-0.05, 0) is 48.9 Å². The van der Waals surface area contributed by atoms with Gasteiger partial charge >= 0.3 is 0 Å². The van der Waals surface area contributed by atoms with Crippen molar-refractivity contribution in [2.24, 2.45) is 5.10 Å². The van der Waals surface area contributed by atoms with Crippen molar-refractivity contribution in [2.75, 3.05) is 19.5 Å². The summed E-state index contributed by atoms with van der Waals surface area (Å²) in [5, 5.41) is 7.40. The molecule has 4 rings (SSSR count). The predicted molar refractivity (Wildman–Crippen MR) is 131 cm³/mol. The van der Waals surface area contributed by atoms with E-state index in [1.165, 1.54) is 32.4 Å². The number of nitrogens with zero attached hydrogens (tertiary/aromatic N) is 1. The van der Waals surface area contributed by atoms with Crippen LogP contribution in [-0.4, -0.2) is 28.5 Å². The van der Waals surface area contributed by atoms with Gasteiger partial charge in [0.1, 0.15) is 11.1 Å². The topological polar surface area (TPSA) is 119 Å². The van der Waals surface area contributed by atoms with E-state index in [2.05, 4.69) is 15.2 Å². The highest BCUT2D eigenvalue weighted by atomic mass is 32.2. The number of methoxy groups -OCH3 is 2. The van der Waals surface area contributed by atoms with Gasteiger partial charge in [0.05, 0.1) is 19.1 Å². The number of hydrogen-bond donors (Lipinski definition) is 2. The average molecular weight is 494 g/mol. The van der Waals surface area contributed by atoms with Crippen LogP contribution >= 0.6 is 0 Å². The molecule has 2 N–H and O–H groups in total. The number of fused-ring (bicyclic) bond motifs is 1. The van der Waals surface area contributed by atoms with Crippen LogP contribution in [-0.2, 0) is 10.0 Å². The Morgan fingerprint density at radius 2 is 1.69 bits per heavy atom. The minimum absolute atomic E-state index is 0.0558. The van der Waals surface area contributed by atoms with Crippen LogP contribution in [0.5, 0.6) is 11.5 Å². The normalized spacial score (nSPS) is 11.8. The van der Waals surface area contributed by atoms with Gasteiger partial charge in [0.25, 0.3) is 15.9 Å². The Morgan fingerprint density at radius 1 is 0.914 bits per heavy atom. The van der Waals surface area contributed by atoms with Crippen molar-refractivity contribution < 1.29 is 27.1 Å². The van der Waals surface area contributed by atoms with Gasteiger partial charge in [0.15, 0.2) is 11.5 Å². The van der Waals surface area contributed by atoms with Gasteiger partial charge in [-0.15, -0.1) is 5.10 Å². The smallest absolute Gasteiger partial charge is 0.276 e. The number of ether oxygens (including phenoxy) is 2. The van der Waals surface area contributed by atoms with Crippen LogP contribution in [0.2, 0.25) is 0 Å². The monoisotopic (exact) mass is 493 g/mol. The lowest BCUT2D eigenvalue weighted by molar-refractivity contribution is 0.102. The summed E-state index contributed by atoms with van der Waals surface area (Å²) in [7, 11) is -1.27. The number of benzene rings is 3. The van der Waals surface area contributed by atoms with Crippen molar-refractivity contribution in [3.63, 3.8) is 0 Å². The molecule has 180 valence electrons. The number of amides is 1. The average Bonchev–Trinajstić information content (AvgIpc) is 2.86. The van der Waals surface area contributed by atoms with Crippen LogP contribution in [0.15, 0.2) is 87.2 Å². The Morgan fingerprint density at radius 3 is 2.43 bits per heavy atom. The summed E-state index contributed by atoms with van der Waals surface area (Å²) in [6.45, 7) is 1.91. The third-order valence-electron chi connectivity index (χ3n) is 5.11. The molecule has 0 fully saturated rings. The van der Waals surface area contributed by atoms with E-state index in [0.717, 1.165) is 5.56 Å². The largest absolute Gasteiger partial charge is 0.493 e. The summed E-state index contributed by atoms with van der Waals surface area (Å²) >= 11 is 0. The van der Waals surface area contributed by atoms with E-state index in [1.54, 1.807) is 36.4 Å². The molecule has 0 aliphatic rings. The van der Waals surface area contributed by atoms with Gasteiger partial charge in [-0.25, -0.2) is 0 Å².